The molecule has 2 aliphatic rings. The Morgan fingerprint density at radius 3 is 3.38 bits per heavy atom. The molecule has 1 saturated heterocycles. The van der Waals surface area contributed by atoms with Crippen LogP contribution in [0.2, 0.25) is 0 Å². The van der Waals surface area contributed by atoms with Gasteiger partial charge in [-0.3, -0.25) is 4.98 Å². The molecule has 0 spiro atoms. The van der Waals surface area contributed by atoms with Crippen LogP contribution in [-0.2, 0) is 6.42 Å². The first-order chi connectivity index (χ1) is 6.43. The number of piperidine rings is 1. The summed E-state index contributed by atoms with van der Waals surface area (Å²) in [7, 11) is 0. The van der Waals surface area contributed by atoms with Gasteiger partial charge in [-0.15, -0.1) is 0 Å². The van der Waals surface area contributed by atoms with Crippen molar-refractivity contribution in [2.45, 2.75) is 18.8 Å². The Morgan fingerprint density at radius 1 is 1.38 bits per heavy atom. The quantitative estimate of drug-likeness (QED) is 0.642. The number of hydrogen-bond acceptors (Lipinski definition) is 2. The Labute approximate surface area is 78.4 Å². The number of fused-ring (bicyclic) bond motifs is 4. The van der Waals surface area contributed by atoms with Crippen LogP contribution in [0.25, 0.3) is 0 Å². The molecule has 0 aromatic carbocycles. The first kappa shape index (κ1) is 7.51. The monoisotopic (exact) mass is 174 g/mol. The minimum Gasteiger partial charge on any atom is -0.316 e. The van der Waals surface area contributed by atoms with Gasteiger partial charge in [-0.1, -0.05) is 0 Å². The zero-order valence-corrected chi connectivity index (χ0v) is 7.66. The third-order valence-corrected chi connectivity index (χ3v) is 3.33. The highest BCUT2D eigenvalue weighted by Crippen LogP contribution is 2.35. The fraction of sp³-hybridized carbons (Fsp3) is 0.545. The molecule has 1 aromatic rings. The molecule has 0 radical (unpaired) electrons. The highest BCUT2D eigenvalue weighted by molar-refractivity contribution is 5.31. The van der Waals surface area contributed by atoms with Gasteiger partial charge in [-0.05, 0) is 48.4 Å². The molecule has 13 heavy (non-hydrogen) atoms. The lowest BCUT2D eigenvalue weighted by molar-refractivity contribution is 0.317. The molecular weight excluding hydrogens is 160 g/mol. The van der Waals surface area contributed by atoms with E-state index in [2.05, 4.69) is 22.6 Å². The maximum Gasteiger partial charge on any atom is 0.0302 e. The van der Waals surface area contributed by atoms with E-state index in [4.69, 9.17) is 0 Å². The standard InChI is InChI=1S/C11H14N2/c1-2-12-6-9-3-8-4-10(11(1)9)7-13-5-8/h1-2,6,8,10,13H,3-5,7H2. The topological polar surface area (TPSA) is 24.9 Å². The van der Waals surface area contributed by atoms with Crippen molar-refractivity contribution in [2.24, 2.45) is 5.92 Å². The molecule has 2 unspecified atom stereocenters. The molecule has 2 bridgehead atoms. The van der Waals surface area contributed by atoms with Gasteiger partial charge in [0, 0.05) is 18.9 Å². The summed E-state index contributed by atoms with van der Waals surface area (Å²) < 4.78 is 0. The van der Waals surface area contributed by atoms with Crippen LogP contribution in [0.3, 0.4) is 0 Å². The molecular formula is C11H14N2. The molecule has 3 rings (SSSR count). The van der Waals surface area contributed by atoms with E-state index in [9.17, 15) is 0 Å². The van der Waals surface area contributed by atoms with Crippen LogP contribution in [0.5, 0.6) is 0 Å². The van der Waals surface area contributed by atoms with Crippen molar-refractivity contribution in [3.8, 4) is 0 Å². The summed E-state index contributed by atoms with van der Waals surface area (Å²) >= 11 is 0. The van der Waals surface area contributed by atoms with Crippen molar-refractivity contribution in [3.63, 3.8) is 0 Å². The van der Waals surface area contributed by atoms with Gasteiger partial charge in [0.15, 0.2) is 0 Å². The van der Waals surface area contributed by atoms with E-state index in [0.717, 1.165) is 18.4 Å². The zero-order chi connectivity index (χ0) is 8.67. The minimum atomic E-state index is 0.755. The summed E-state index contributed by atoms with van der Waals surface area (Å²) in [6, 6.07) is 2.20. The van der Waals surface area contributed by atoms with Gasteiger partial charge in [-0.25, -0.2) is 0 Å². The van der Waals surface area contributed by atoms with Crippen LogP contribution in [0.1, 0.15) is 23.5 Å². The van der Waals surface area contributed by atoms with Gasteiger partial charge < -0.3 is 5.32 Å². The maximum atomic E-state index is 4.20. The molecule has 0 amide bonds. The summed E-state index contributed by atoms with van der Waals surface area (Å²) in [6.45, 7) is 2.36. The number of aromatic nitrogens is 1. The lowest BCUT2D eigenvalue weighted by Gasteiger charge is -2.36. The van der Waals surface area contributed by atoms with E-state index in [-0.39, 0.29) is 0 Å². The van der Waals surface area contributed by atoms with Crippen molar-refractivity contribution >= 4 is 0 Å². The Hall–Kier alpha value is -0.890. The Kier molecular flexibility index (Phi) is 1.62. The summed E-state index contributed by atoms with van der Waals surface area (Å²) in [5.41, 5.74) is 3.03. The van der Waals surface area contributed by atoms with Crippen LogP contribution < -0.4 is 5.32 Å². The third kappa shape index (κ3) is 1.17. The van der Waals surface area contributed by atoms with E-state index in [1.54, 1.807) is 5.56 Å². The first-order valence-corrected chi connectivity index (χ1v) is 5.07. The second-order valence-electron chi connectivity index (χ2n) is 4.24. The molecule has 1 aliphatic heterocycles. The van der Waals surface area contributed by atoms with Gasteiger partial charge in [0.1, 0.15) is 0 Å². The Bertz CT molecular complexity index is 322. The van der Waals surface area contributed by atoms with Crippen LogP contribution in [-0.4, -0.2) is 18.1 Å². The van der Waals surface area contributed by atoms with Gasteiger partial charge in [0.25, 0.3) is 0 Å². The zero-order valence-electron chi connectivity index (χ0n) is 7.66. The number of pyridine rings is 1. The minimum absolute atomic E-state index is 0.755. The van der Waals surface area contributed by atoms with E-state index in [0.29, 0.717) is 0 Å². The van der Waals surface area contributed by atoms with Crippen molar-refractivity contribution in [1.82, 2.24) is 10.3 Å². The van der Waals surface area contributed by atoms with E-state index in [1.165, 1.54) is 24.9 Å². The van der Waals surface area contributed by atoms with Gasteiger partial charge in [0.05, 0.1) is 0 Å². The molecule has 2 heterocycles. The Balaban J connectivity index is 2.06. The predicted octanol–water partition coefficient (Wildman–Crippen LogP) is 1.33. The predicted molar refractivity (Wildman–Crippen MR) is 51.7 cm³/mol. The fourth-order valence-electron chi connectivity index (χ4n) is 2.74. The smallest absolute Gasteiger partial charge is 0.0302 e. The molecule has 2 nitrogen and oxygen atoms in total. The highest BCUT2D eigenvalue weighted by Gasteiger charge is 2.29. The SMILES string of the molecule is c1cc2c(cn1)CC1CNCC2C1. The summed E-state index contributed by atoms with van der Waals surface area (Å²) in [6.07, 6.45) is 6.59. The second-order valence-corrected chi connectivity index (χ2v) is 4.24. The van der Waals surface area contributed by atoms with Crippen LogP contribution in [0, 0.1) is 5.92 Å². The lowest BCUT2D eigenvalue weighted by Crippen LogP contribution is -2.39. The molecule has 1 fully saturated rings. The largest absolute Gasteiger partial charge is 0.316 e. The van der Waals surface area contributed by atoms with E-state index >= 15 is 0 Å². The van der Waals surface area contributed by atoms with Crippen LogP contribution in [0.15, 0.2) is 18.5 Å². The van der Waals surface area contributed by atoms with E-state index < -0.39 is 0 Å². The summed E-state index contributed by atoms with van der Waals surface area (Å²) in [4.78, 5) is 4.20. The van der Waals surface area contributed by atoms with Crippen molar-refractivity contribution in [1.29, 1.82) is 0 Å². The van der Waals surface area contributed by atoms with Crippen molar-refractivity contribution in [3.05, 3.63) is 29.6 Å². The number of hydrogen-bond donors (Lipinski definition) is 1. The van der Waals surface area contributed by atoms with Gasteiger partial charge in [-0.2, -0.15) is 0 Å². The second kappa shape index (κ2) is 2.81. The Morgan fingerprint density at radius 2 is 2.38 bits per heavy atom. The maximum absolute atomic E-state index is 4.20. The number of nitrogens with zero attached hydrogens (tertiary/aromatic N) is 1. The lowest BCUT2D eigenvalue weighted by atomic mass is 9.75. The first-order valence-electron chi connectivity index (χ1n) is 5.07. The molecule has 68 valence electrons. The van der Waals surface area contributed by atoms with Gasteiger partial charge >= 0.3 is 0 Å². The molecule has 2 atom stereocenters. The highest BCUT2D eigenvalue weighted by atomic mass is 14.9. The van der Waals surface area contributed by atoms with Gasteiger partial charge in [0.2, 0.25) is 0 Å². The summed E-state index contributed by atoms with van der Waals surface area (Å²) in [5.74, 6) is 1.61. The van der Waals surface area contributed by atoms with Crippen LogP contribution >= 0.6 is 0 Å². The van der Waals surface area contributed by atoms with Crippen molar-refractivity contribution in [2.75, 3.05) is 13.1 Å². The molecule has 0 saturated carbocycles. The average Bonchev–Trinajstić information content (AvgIpc) is 2.18. The number of rotatable bonds is 0. The molecule has 1 aliphatic carbocycles. The van der Waals surface area contributed by atoms with E-state index in [1.807, 2.05) is 6.20 Å². The average molecular weight is 174 g/mol. The van der Waals surface area contributed by atoms with Crippen LogP contribution in [0.4, 0.5) is 0 Å². The summed E-state index contributed by atoms with van der Waals surface area (Å²) in [5, 5.41) is 3.51. The molecule has 1 aromatic heterocycles. The molecule has 2 heteroatoms. The normalized spacial score (nSPS) is 31.1. The van der Waals surface area contributed by atoms with Crippen molar-refractivity contribution < 1.29 is 0 Å². The number of nitrogens with one attached hydrogen (secondary N) is 1. The third-order valence-electron chi connectivity index (χ3n) is 3.33. The fourth-order valence-corrected chi connectivity index (χ4v) is 2.74. The molecule has 1 N–H and O–H groups in total.